The number of hydrogen-bond acceptors (Lipinski definition) is 8. The molecule has 0 spiro atoms. The normalized spacial score (nSPS) is 19.8. The zero-order valence-corrected chi connectivity index (χ0v) is 26.1. The van der Waals surface area contributed by atoms with Gasteiger partial charge in [-0.05, 0) is 69.0 Å². The monoisotopic (exact) mass is 651 g/mol. The molecule has 0 aromatic carbocycles. The van der Waals surface area contributed by atoms with Crippen molar-refractivity contribution in [2.45, 2.75) is 69.4 Å². The molecule has 2 aliphatic heterocycles. The third kappa shape index (κ3) is 6.44. The largest absolute Gasteiger partial charge is 0.474 e. The minimum Gasteiger partial charge on any atom is -0.474 e. The number of urea groups is 1. The van der Waals surface area contributed by atoms with Gasteiger partial charge < -0.3 is 34.7 Å². The van der Waals surface area contributed by atoms with Gasteiger partial charge in [-0.25, -0.2) is 14.8 Å². The standard InChI is InChI=1S/C33H36F3N7O4/c1-3-19-17-43(31(44)40-21-13-25(33(34,35)36)30(39-15-21)47-22-5-10-42(2)11-6-22)18-20-12-23(16-38-28(19)20)46-26-4-9-37-29-24(26)14-27(41-29)32(45)7-8-32/h4,9,12-16,19,22,45H,3,5-8,10-11,17-18H2,1-2H3,(H,37,41)(H,40,44)/t19-/m0/s1. The number of H-pyrrole nitrogens is 1. The minimum atomic E-state index is -4.71. The van der Waals surface area contributed by atoms with Gasteiger partial charge in [-0.15, -0.1) is 0 Å². The van der Waals surface area contributed by atoms with Crippen molar-refractivity contribution in [2.24, 2.45) is 0 Å². The molecule has 0 radical (unpaired) electrons. The Kier molecular flexibility index (Phi) is 7.95. The fourth-order valence-electron chi connectivity index (χ4n) is 6.29. The third-order valence-electron chi connectivity index (χ3n) is 9.24. The Morgan fingerprint density at radius 3 is 2.66 bits per heavy atom. The lowest BCUT2D eigenvalue weighted by molar-refractivity contribution is -0.139. The molecule has 11 nitrogen and oxygen atoms in total. The van der Waals surface area contributed by atoms with Crippen LogP contribution in [0.15, 0.2) is 42.9 Å². The summed E-state index contributed by atoms with van der Waals surface area (Å²) in [6.45, 7) is 3.99. The van der Waals surface area contributed by atoms with Gasteiger partial charge in [0.25, 0.3) is 0 Å². The molecule has 2 amide bonds. The first-order chi connectivity index (χ1) is 22.5. The van der Waals surface area contributed by atoms with Gasteiger partial charge in [0.1, 0.15) is 34.4 Å². The number of aliphatic hydroxyl groups is 1. The van der Waals surface area contributed by atoms with Gasteiger partial charge in [-0.1, -0.05) is 6.92 Å². The third-order valence-corrected chi connectivity index (χ3v) is 9.24. The molecule has 4 aromatic rings. The molecule has 1 atom stereocenters. The number of aromatic amines is 1. The second kappa shape index (κ2) is 12.0. The summed E-state index contributed by atoms with van der Waals surface area (Å²) in [5.74, 6) is 0.442. The maximum absolute atomic E-state index is 14.0. The number of carbonyl (C=O) groups excluding carboxylic acids is 1. The van der Waals surface area contributed by atoms with E-state index in [2.05, 4.69) is 30.2 Å². The van der Waals surface area contributed by atoms with E-state index in [4.69, 9.17) is 9.47 Å². The highest BCUT2D eigenvalue weighted by Gasteiger charge is 2.44. The van der Waals surface area contributed by atoms with Crippen LogP contribution in [0, 0.1) is 0 Å². The summed E-state index contributed by atoms with van der Waals surface area (Å²) < 4.78 is 54.1. The van der Waals surface area contributed by atoms with Crippen LogP contribution in [-0.2, 0) is 18.3 Å². The second-order valence-electron chi connectivity index (χ2n) is 12.7. The number of nitrogens with zero attached hydrogens (tertiary/aromatic N) is 5. The number of amides is 2. The van der Waals surface area contributed by atoms with Crippen LogP contribution in [0.1, 0.15) is 67.5 Å². The van der Waals surface area contributed by atoms with E-state index in [1.807, 2.05) is 26.1 Å². The average Bonchev–Trinajstić information content (AvgIpc) is 3.63. The summed E-state index contributed by atoms with van der Waals surface area (Å²) in [6, 6.07) is 5.74. The second-order valence-corrected chi connectivity index (χ2v) is 12.7. The van der Waals surface area contributed by atoms with Crippen LogP contribution in [0.4, 0.5) is 23.7 Å². The van der Waals surface area contributed by atoms with E-state index in [0.29, 0.717) is 61.5 Å². The Morgan fingerprint density at radius 1 is 1.15 bits per heavy atom. The minimum absolute atomic E-state index is 0.0736. The van der Waals surface area contributed by atoms with Crippen molar-refractivity contribution in [3.05, 3.63) is 65.4 Å². The molecule has 1 saturated heterocycles. The van der Waals surface area contributed by atoms with Gasteiger partial charge in [0.15, 0.2) is 0 Å². The first-order valence-electron chi connectivity index (χ1n) is 15.8. The number of rotatable bonds is 7. The number of anilines is 1. The predicted molar refractivity (Wildman–Crippen MR) is 166 cm³/mol. The molecule has 4 aromatic heterocycles. The van der Waals surface area contributed by atoms with E-state index in [1.54, 1.807) is 23.4 Å². The number of aromatic nitrogens is 4. The topological polar surface area (TPSA) is 129 Å². The van der Waals surface area contributed by atoms with Crippen LogP contribution >= 0.6 is 0 Å². The SMILES string of the molecule is CC[C@H]1CN(C(=O)Nc2cnc(OC3CCN(C)CC3)c(C(F)(F)F)c2)Cc2cc(Oc3ccnc4[nH]c(C5(O)CC5)cc34)cnc21. The highest BCUT2D eigenvalue weighted by Crippen LogP contribution is 2.46. The van der Waals surface area contributed by atoms with Crippen molar-refractivity contribution in [3.8, 4) is 17.4 Å². The van der Waals surface area contributed by atoms with Gasteiger partial charge in [0.2, 0.25) is 5.88 Å². The van der Waals surface area contributed by atoms with Crippen molar-refractivity contribution in [1.29, 1.82) is 0 Å². The first-order valence-corrected chi connectivity index (χ1v) is 15.8. The Morgan fingerprint density at radius 2 is 1.94 bits per heavy atom. The van der Waals surface area contributed by atoms with Crippen LogP contribution < -0.4 is 14.8 Å². The highest BCUT2D eigenvalue weighted by molar-refractivity contribution is 5.89. The molecule has 14 heteroatoms. The Hall–Kier alpha value is -4.43. The fourth-order valence-corrected chi connectivity index (χ4v) is 6.29. The maximum Gasteiger partial charge on any atom is 0.421 e. The van der Waals surface area contributed by atoms with Crippen LogP contribution in [0.3, 0.4) is 0 Å². The lowest BCUT2D eigenvalue weighted by Crippen LogP contribution is -2.41. The molecular weight excluding hydrogens is 615 g/mol. The number of alkyl halides is 3. The van der Waals surface area contributed by atoms with Gasteiger partial charge >= 0.3 is 12.2 Å². The van der Waals surface area contributed by atoms with Gasteiger partial charge in [-0.3, -0.25) is 4.98 Å². The van der Waals surface area contributed by atoms with Gasteiger partial charge in [-0.2, -0.15) is 13.2 Å². The van der Waals surface area contributed by atoms with Crippen LogP contribution in [0.25, 0.3) is 11.0 Å². The molecule has 7 rings (SSSR count). The van der Waals surface area contributed by atoms with E-state index < -0.39 is 29.3 Å². The molecule has 3 aliphatic rings. The van der Waals surface area contributed by atoms with Crippen molar-refractivity contribution >= 4 is 22.8 Å². The maximum atomic E-state index is 14.0. The molecule has 248 valence electrons. The van der Waals surface area contributed by atoms with E-state index in [1.165, 1.54) is 6.20 Å². The van der Waals surface area contributed by atoms with E-state index in [9.17, 15) is 23.1 Å². The molecule has 1 saturated carbocycles. The lowest BCUT2D eigenvalue weighted by Gasteiger charge is -2.33. The van der Waals surface area contributed by atoms with E-state index >= 15 is 0 Å². The molecule has 6 heterocycles. The molecular formula is C33H36F3N7O4. The van der Waals surface area contributed by atoms with Crippen molar-refractivity contribution in [2.75, 3.05) is 32.0 Å². The number of halogens is 3. The Bertz CT molecular complexity index is 1800. The highest BCUT2D eigenvalue weighted by atomic mass is 19.4. The molecule has 0 unspecified atom stereocenters. The van der Waals surface area contributed by atoms with Crippen LogP contribution in [0.2, 0.25) is 0 Å². The van der Waals surface area contributed by atoms with Gasteiger partial charge in [0, 0.05) is 44.0 Å². The fraction of sp³-hybridized carbons (Fsp3) is 0.455. The predicted octanol–water partition coefficient (Wildman–Crippen LogP) is 6.16. The molecule has 3 N–H and O–H groups in total. The Balaban J connectivity index is 1.08. The van der Waals surface area contributed by atoms with Crippen molar-refractivity contribution in [3.63, 3.8) is 0 Å². The zero-order chi connectivity index (χ0) is 32.9. The summed E-state index contributed by atoms with van der Waals surface area (Å²) >= 11 is 0. The van der Waals surface area contributed by atoms with E-state index in [0.717, 1.165) is 35.8 Å². The summed E-state index contributed by atoms with van der Waals surface area (Å²) in [6.07, 6.45) is 2.67. The number of likely N-dealkylation sites (tertiary alicyclic amines) is 1. The number of pyridine rings is 3. The number of piperidine rings is 1. The lowest BCUT2D eigenvalue weighted by atomic mass is 9.92. The van der Waals surface area contributed by atoms with Crippen molar-refractivity contribution in [1.82, 2.24) is 29.7 Å². The van der Waals surface area contributed by atoms with Gasteiger partial charge in [0.05, 0.1) is 29.2 Å². The average molecular weight is 652 g/mol. The van der Waals surface area contributed by atoms with Crippen molar-refractivity contribution < 1.29 is 32.5 Å². The summed E-state index contributed by atoms with van der Waals surface area (Å²) in [5, 5.41) is 13.9. The summed E-state index contributed by atoms with van der Waals surface area (Å²) in [7, 11) is 1.96. The number of fused-ring (bicyclic) bond motifs is 2. The number of hydrogen-bond donors (Lipinski definition) is 3. The van der Waals surface area contributed by atoms with Crippen LogP contribution in [-0.4, -0.2) is 73.7 Å². The Labute approximate surface area is 269 Å². The zero-order valence-electron chi connectivity index (χ0n) is 26.1. The quantitative estimate of drug-likeness (QED) is 0.217. The van der Waals surface area contributed by atoms with E-state index in [-0.39, 0.29) is 24.3 Å². The molecule has 47 heavy (non-hydrogen) atoms. The first kappa shape index (κ1) is 31.2. The molecule has 1 aliphatic carbocycles. The molecule has 2 fully saturated rings. The summed E-state index contributed by atoms with van der Waals surface area (Å²) in [5.41, 5.74) is 0.972. The number of nitrogens with one attached hydrogen (secondary N) is 2. The number of carbonyl (C=O) groups is 1. The summed E-state index contributed by atoms with van der Waals surface area (Å²) in [4.78, 5) is 33.3. The number of ether oxygens (including phenoxy) is 2. The molecule has 0 bridgehead atoms. The smallest absolute Gasteiger partial charge is 0.421 e. The van der Waals surface area contributed by atoms with Crippen LogP contribution in [0.5, 0.6) is 17.4 Å².